The minimum Gasteiger partial charge on any atom is -0.332 e. The zero-order valence-corrected chi connectivity index (χ0v) is 11.2. The molecule has 4 rings (SSSR count). The molecule has 0 atom stereocenters. The monoisotopic (exact) mass is 246 g/mol. The lowest BCUT2D eigenvalue weighted by molar-refractivity contribution is -0.137. The van der Waals surface area contributed by atoms with Gasteiger partial charge in [0.1, 0.15) is 6.54 Å². The summed E-state index contributed by atoms with van der Waals surface area (Å²) in [5.74, 6) is 2.86. The van der Waals surface area contributed by atoms with Gasteiger partial charge in [-0.2, -0.15) is 5.26 Å². The lowest BCUT2D eigenvalue weighted by Gasteiger charge is -2.56. The molecule has 0 radical (unpaired) electrons. The summed E-state index contributed by atoms with van der Waals surface area (Å²) in [7, 11) is 1.76. The Labute approximate surface area is 109 Å². The predicted molar refractivity (Wildman–Crippen MR) is 68.5 cm³/mol. The summed E-state index contributed by atoms with van der Waals surface area (Å²) in [6.07, 6.45) is 8.75. The third kappa shape index (κ3) is 2.02. The first-order valence-electron chi connectivity index (χ1n) is 7.21. The molecule has 0 N–H and O–H groups in total. The van der Waals surface area contributed by atoms with E-state index in [0.29, 0.717) is 11.8 Å². The molecule has 18 heavy (non-hydrogen) atoms. The van der Waals surface area contributed by atoms with E-state index in [-0.39, 0.29) is 12.5 Å². The van der Waals surface area contributed by atoms with Gasteiger partial charge in [0, 0.05) is 13.5 Å². The van der Waals surface area contributed by atoms with Crippen molar-refractivity contribution < 1.29 is 4.79 Å². The second-order valence-electron chi connectivity index (χ2n) is 7.00. The summed E-state index contributed by atoms with van der Waals surface area (Å²) < 4.78 is 0. The number of hydrogen-bond acceptors (Lipinski definition) is 2. The van der Waals surface area contributed by atoms with Crippen LogP contribution in [-0.2, 0) is 4.79 Å². The van der Waals surface area contributed by atoms with E-state index in [1.807, 2.05) is 0 Å². The molecule has 3 heteroatoms. The molecule has 0 saturated heterocycles. The number of nitriles is 1. The van der Waals surface area contributed by atoms with E-state index in [0.717, 1.165) is 17.8 Å². The molecule has 0 unspecified atom stereocenters. The smallest absolute Gasteiger partial charge is 0.223 e. The molecule has 0 spiro atoms. The molecule has 1 amide bonds. The van der Waals surface area contributed by atoms with Crippen molar-refractivity contribution in [1.29, 1.82) is 5.26 Å². The van der Waals surface area contributed by atoms with Crippen LogP contribution in [-0.4, -0.2) is 24.4 Å². The predicted octanol–water partition coefficient (Wildman–Crippen LogP) is 2.57. The van der Waals surface area contributed by atoms with Gasteiger partial charge in [0.2, 0.25) is 5.91 Å². The SMILES string of the molecule is CN(CC#N)C(=O)CC12CC3CC(CC(C3)C1)C2. The van der Waals surface area contributed by atoms with Crippen molar-refractivity contribution in [3.63, 3.8) is 0 Å². The molecular weight excluding hydrogens is 224 g/mol. The zero-order valence-electron chi connectivity index (χ0n) is 11.2. The van der Waals surface area contributed by atoms with Gasteiger partial charge in [-0.3, -0.25) is 4.79 Å². The van der Waals surface area contributed by atoms with E-state index in [1.54, 1.807) is 11.9 Å². The van der Waals surface area contributed by atoms with Gasteiger partial charge in [0.25, 0.3) is 0 Å². The molecule has 4 aliphatic rings. The maximum absolute atomic E-state index is 12.2. The molecule has 98 valence electrons. The van der Waals surface area contributed by atoms with Crippen LogP contribution in [0.2, 0.25) is 0 Å². The van der Waals surface area contributed by atoms with Crippen LogP contribution in [0.1, 0.15) is 44.9 Å². The van der Waals surface area contributed by atoms with Crippen molar-refractivity contribution in [3.05, 3.63) is 0 Å². The molecule has 0 aliphatic heterocycles. The van der Waals surface area contributed by atoms with E-state index in [4.69, 9.17) is 5.26 Å². The Hall–Kier alpha value is -1.04. The van der Waals surface area contributed by atoms with Crippen LogP contribution in [0.4, 0.5) is 0 Å². The van der Waals surface area contributed by atoms with Crippen LogP contribution >= 0.6 is 0 Å². The third-order valence-corrected chi connectivity index (χ3v) is 5.42. The Morgan fingerprint density at radius 3 is 2.17 bits per heavy atom. The van der Waals surface area contributed by atoms with Crippen LogP contribution in [0.5, 0.6) is 0 Å². The molecule has 0 aromatic heterocycles. The molecule has 0 aromatic carbocycles. The summed E-state index contributed by atoms with van der Waals surface area (Å²) in [5, 5.41) is 8.67. The van der Waals surface area contributed by atoms with E-state index in [1.165, 1.54) is 38.5 Å². The van der Waals surface area contributed by atoms with Crippen LogP contribution < -0.4 is 0 Å². The highest BCUT2D eigenvalue weighted by Gasteiger charge is 2.51. The Morgan fingerprint density at radius 1 is 1.22 bits per heavy atom. The van der Waals surface area contributed by atoms with Gasteiger partial charge in [-0.25, -0.2) is 0 Å². The Kier molecular flexibility index (Phi) is 2.84. The maximum atomic E-state index is 12.2. The number of carbonyl (C=O) groups excluding carboxylic acids is 1. The van der Waals surface area contributed by atoms with E-state index in [9.17, 15) is 4.79 Å². The highest BCUT2D eigenvalue weighted by molar-refractivity contribution is 5.77. The highest BCUT2D eigenvalue weighted by atomic mass is 16.2. The zero-order chi connectivity index (χ0) is 12.8. The summed E-state index contributed by atoms with van der Waals surface area (Å²) in [6.45, 7) is 0.227. The average molecular weight is 246 g/mol. The Bertz CT molecular complexity index is 361. The largest absolute Gasteiger partial charge is 0.332 e. The van der Waals surface area contributed by atoms with Gasteiger partial charge in [-0.1, -0.05) is 0 Å². The van der Waals surface area contributed by atoms with Crippen molar-refractivity contribution >= 4 is 5.91 Å². The third-order valence-electron chi connectivity index (χ3n) is 5.42. The molecule has 0 heterocycles. The van der Waals surface area contributed by atoms with Crippen LogP contribution in [0.3, 0.4) is 0 Å². The number of rotatable bonds is 3. The molecule has 3 nitrogen and oxygen atoms in total. The molecule has 4 fully saturated rings. The second kappa shape index (κ2) is 4.26. The first kappa shape index (κ1) is 12.0. The maximum Gasteiger partial charge on any atom is 0.223 e. The van der Waals surface area contributed by atoms with E-state index >= 15 is 0 Å². The summed E-state index contributed by atoms with van der Waals surface area (Å²) in [5.41, 5.74) is 0.301. The summed E-state index contributed by atoms with van der Waals surface area (Å²) in [4.78, 5) is 13.8. The number of nitrogens with zero attached hydrogens (tertiary/aromatic N) is 2. The van der Waals surface area contributed by atoms with Crippen molar-refractivity contribution in [1.82, 2.24) is 4.90 Å². The number of amides is 1. The van der Waals surface area contributed by atoms with E-state index < -0.39 is 0 Å². The van der Waals surface area contributed by atoms with Crippen molar-refractivity contribution in [2.45, 2.75) is 44.9 Å². The van der Waals surface area contributed by atoms with Gasteiger partial charge < -0.3 is 4.90 Å². The summed E-state index contributed by atoms with van der Waals surface area (Å²) in [6, 6.07) is 2.06. The van der Waals surface area contributed by atoms with Gasteiger partial charge in [0.15, 0.2) is 0 Å². The lowest BCUT2D eigenvalue weighted by Crippen LogP contribution is -2.48. The van der Waals surface area contributed by atoms with Crippen LogP contribution in [0, 0.1) is 34.5 Å². The second-order valence-corrected chi connectivity index (χ2v) is 7.00. The van der Waals surface area contributed by atoms with Gasteiger partial charge >= 0.3 is 0 Å². The molecule has 4 aliphatic carbocycles. The Balaban J connectivity index is 1.69. The molecular formula is C15H22N2O. The molecule has 4 bridgehead atoms. The minimum absolute atomic E-state index is 0.179. The average Bonchev–Trinajstić information content (AvgIpc) is 2.26. The Morgan fingerprint density at radius 2 is 1.72 bits per heavy atom. The number of carbonyl (C=O) groups is 1. The fourth-order valence-corrected chi connectivity index (χ4v) is 5.16. The topological polar surface area (TPSA) is 44.1 Å². The quantitative estimate of drug-likeness (QED) is 0.718. The minimum atomic E-state index is 0.179. The fraction of sp³-hybridized carbons (Fsp3) is 0.867. The first-order chi connectivity index (χ1) is 8.60. The van der Waals surface area contributed by atoms with E-state index in [2.05, 4.69) is 6.07 Å². The van der Waals surface area contributed by atoms with Crippen LogP contribution in [0.15, 0.2) is 0 Å². The standard InChI is InChI=1S/C15H22N2O/c1-17(3-2-16)14(18)10-15-7-11-4-12(8-15)6-13(5-11)9-15/h11-13H,3-10H2,1H3. The number of hydrogen-bond donors (Lipinski definition) is 0. The van der Waals surface area contributed by atoms with Gasteiger partial charge in [-0.15, -0.1) is 0 Å². The summed E-state index contributed by atoms with van der Waals surface area (Å²) >= 11 is 0. The van der Waals surface area contributed by atoms with Gasteiger partial charge in [-0.05, 0) is 61.7 Å². The fourth-order valence-electron chi connectivity index (χ4n) is 5.16. The van der Waals surface area contributed by atoms with Gasteiger partial charge in [0.05, 0.1) is 6.07 Å². The first-order valence-corrected chi connectivity index (χ1v) is 7.21. The molecule has 0 aromatic rings. The van der Waals surface area contributed by atoms with Crippen molar-refractivity contribution in [2.75, 3.05) is 13.6 Å². The normalized spacial score (nSPS) is 40.6. The lowest BCUT2D eigenvalue weighted by atomic mass is 9.49. The van der Waals surface area contributed by atoms with Crippen molar-refractivity contribution in [3.8, 4) is 6.07 Å². The molecule has 4 saturated carbocycles. The van der Waals surface area contributed by atoms with Crippen LogP contribution in [0.25, 0.3) is 0 Å². The highest BCUT2D eigenvalue weighted by Crippen LogP contribution is 2.61. The van der Waals surface area contributed by atoms with Crippen molar-refractivity contribution in [2.24, 2.45) is 23.2 Å².